The number of carbonyl (C=O) groups is 5. The Balaban J connectivity index is 1.37. The van der Waals surface area contributed by atoms with Crippen LogP contribution in [0.25, 0.3) is 0 Å². The third-order valence-corrected chi connectivity index (χ3v) is 14.5. The van der Waals surface area contributed by atoms with Crippen LogP contribution in [0, 0.1) is 44.8 Å². The van der Waals surface area contributed by atoms with Crippen LogP contribution in [0.2, 0.25) is 0 Å². The van der Waals surface area contributed by atoms with E-state index in [0.717, 1.165) is 70.6 Å². The fourth-order valence-electron chi connectivity index (χ4n) is 11.3. The number of hydrogen-bond donors (Lipinski definition) is 5. The number of hydrogen-bond acceptors (Lipinski definition) is 6. The van der Waals surface area contributed by atoms with Gasteiger partial charge in [-0.2, -0.15) is 0 Å². The Morgan fingerprint density at radius 1 is 0.980 bits per heavy atom. The van der Waals surface area contributed by atoms with Crippen molar-refractivity contribution < 1.29 is 24.0 Å². The third kappa shape index (κ3) is 6.30. The van der Waals surface area contributed by atoms with Crippen LogP contribution in [0.3, 0.4) is 0 Å². The quantitative estimate of drug-likeness (QED) is 0.198. The van der Waals surface area contributed by atoms with E-state index >= 15 is 0 Å². The Bertz CT molecular complexity index is 1430. The Kier molecular flexibility index (Phi) is 10.2. The highest BCUT2D eigenvalue weighted by atomic mass is 16.2. The summed E-state index contributed by atoms with van der Waals surface area (Å²) in [4.78, 5) is 72.2. The van der Waals surface area contributed by atoms with Crippen molar-refractivity contribution in [1.82, 2.24) is 26.2 Å². The molecule has 6 rings (SSSR count). The van der Waals surface area contributed by atoms with Crippen molar-refractivity contribution in [1.29, 1.82) is 5.41 Å². The molecule has 11 heteroatoms. The van der Waals surface area contributed by atoms with E-state index in [9.17, 15) is 24.0 Å². The molecule has 4 saturated carbocycles. The lowest BCUT2D eigenvalue weighted by atomic mass is 9.65. The number of carbonyl (C=O) groups excluding carboxylic acids is 5. The van der Waals surface area contributed by atoms with Crippen molar-refractivity contribution in [2.45, 2.75) is 169 Å². The fourth-order valence-corrected chi connectivity index (χ4v) is 11.3. The molecule has 9 atom stereocenters. The van der Waals surface area contributed by atoms with E-state index in [1.165, 1.54) is 0 Å². The van der Waals surface area contributed by atoms with Gasteiger partial charge in [-0.3, -0.25) is 29.4 Å². The minimum Gasteiger partial charge on any atom is -0.348 e. The Hall–Kier alpha value is -2.98. The van der Waals surface area contributed by atoms with E-state index in [0.29, 0.717) is 31.7 Å². The zero-order valence-corrected chi connectivity index (χ0v) is 32.2. The van der Waals surface area contributed by atoms with E-state index in [1.807, 2.05) is 34.6 Å². The van der Waals surface area contributed by atoms with Crippen molar-refractivity contribution in [3.05, 3.63) is 0 Å². The van der Waals surface area contributed by atoms with Crippen LogP contribution in [-0.4, -0.2) is 76.9 Å². The van der Waals surface area contributed by atoms with Gasteiger partial charge in [-0.1, -0.05) is 74.1 Å². The summed E-state index contributed by atoms with van der Waals surface area (Å²) >= 11 is 0. The maximum atomic E-state index is 15.0. The molecule has 6 fully saturated rings. The van der Waals surface area contributed by atoms with E-state index in [1.54, 1.807) is 4.90 Å². The molecular weight excluding hydrogens is 644 g/mol. The SMILES string of the molecule is CCCC(C)C(=O)NC1C(=O)N[C@@H](C(C)(C)C)C(=O)N2C[C@@]3(CC2C(=O)NC(CCC)C(=N)C(=O)NC2CC2)C2(CCC2)C3(C)C2CCCC1C2. The summed E-state index contributed by atoms with van der Waals surface area (Å²) in [6.07, 6.45) is 12.0. The summed E-state index contributed by atoms with van der Waals surface area (Å²) in [6, 6.07) is -3.08. The molecule has 4 aliphatic carbocycles. The summed E-state index contributed by atoms with van der Waals surface area (Å²) in [5.41, 5.74) is -1.14. The molecule has 5 N–H and O–H groups in total. The summed E-state index contributed by atoms with van der Waals surface area (Å²) < 4.78 is 0. The zero-order chi connectivity index (χ0) is 37.1. The maximum Gasteiger partial charge on any atom is 0.267 e. The highest BCUT2D eigenvalue weighted by Crippen LogP contribution is 2.91. The molecule has 2 aliphatic heterocycles. The first kappa shape index (κ1) is 37.8. The predicted molar refractivity (Wildman–Crippen MR) is 196 cm³/mol. The first-order valence-electron chi connectivity index (χ1n) is 20.2. The van der Waals surface area contributed by atoms with Crippen molar-refractivity contribution in [2.75, 3.05) is 6.54 Å². The molecule has 11 nitrogen and oxygen atoms in total. The van der Waals surface area contributed by atoms with E-state index < -0.39 is 35.5 Å². The number of fused-ring (bicyclic) bond motifs is 5. The molecule has 0 aromatic heterocycles. The average Bonchev–Trinajstić information content (AvgIpc) is 3.90. The lowest BCUT2D eigenvalue weighted by Gasteiger charge is -2.42. The molecule has 284 valence electrons. The molecule has 2 heterocycles. The van der Waals surface area contributed by atoms with Crippen LogP contribution in [0.4, 0.5) is 0 Å². The summed E-state index contributed by atoms with van der Waals surface area (Å²) in [7, 11) is 0. The van der Waals surface area contributed by atoms with Crippen LogP contribution in [-0.2, 0) is 24.0 Å². The molecular formula is C40H64N6O5. The lowest BCUT2D eigenvalue weighted by Crippen LogP contribution is -2.62. The van der Waals surface area contributed by atoms with Gasteiger partial charge in [0.15, 0.2) is 0 Å². The first-order chi connectivity index (χ1) is 24.0. The molecule has 0 aromatic rings. The second-order valence-electron chi connectivity index (χ2n) is 18.5. The van der Waals surface area contributed by atoms with Gasteiger partial charge in [0.25, 0.3) is 5.91 Å². The van der Waals surface area contributed by atoms with Crippen molar-refractivity contribution >= 4 is 35.2 Å². The first-order valence-corrected chi connectivity index (χ1v) is 20.2. The van der Waals surface area contributed by atoms with Gasteiger partial charge in [-0.05, 0) is 92.3 Å². The average molecular weight is 709 g/mol. The molecule has 5 amide bonds. The Morgan fingerprint density at radius 3 is 2.25 bits per heavy atom. The van der Waals surface area contributed by atoms with Gasteiger partial charge in [-0.15, -0.1) is 0 Å². The van der Waals surface area contributed by atoms with Gasteiger partial charge in [0, 0.05) is 23.9 Å². The Labute approximate surface area is 304 Å². The smallest absolute Gasteiger partial charge is 0.267 e. The lowest BCUT2D eigenvalue weighted by molar-refractivity contribution is -0.145. The number of nitrogens with one attached hydrogen (secondary N) is 5. The maximum absolute atomic E-state index is 15.0. The third-order valence-electron chi connectivity index (χ3n) is 14.5. The summed E-state index contributed by atoms with van der Waals surface area (Å²) in [5.74, 6) is -1.43. The minimum absolute atomic E-state index is 0.0247. The van der Waals surface area contributed by atoms with Gasteiger partial charge >= 0.3 is 0 Å². The molecule has 7 unspecified atom stereocenters. The van der Waals surface area contributed by atoms with E-state index in [-0.39, 0.29) is 63.5 Å². The van der Waals surface area contributed by atoms with Gasteiger partial charge in [0.2, 0.25) is 23.6 Å². The van der Waals surface area contributed by atoms with Crippen LogP contribution >= 0.6 is 0 Å². The van der Waals surface area contributed by atoms with Crippen LogP contribution < -0.4 is 21.3 Å². The standard InChI is InChI=1S/C40H64N6O5/c1-8-12-23(3)32(47)44-30-24-14-10-15-25(20-24)38(7)39(18-11-19-39)40(38)21-28(46(22-40)36(51)31(37(4,5)6)45-35(30)50)33(48)43-27(13-9-2)29(41)34(49)42-26-16-17-26/h23-28,30-31,41H,8-22H2,1-7H3,(H,42,49)(H,43,48)(H,44,47)(H,45,50)/t23?,24?,25?,27?,28?,30?,31-,38?,40-/m1/s1. The molecule has 2 saturated heterocycles. The van der Waals surface area contributed by atoms with Crippen molar-refractivity contribution in [3.63, 3.8) is 0 Å². The van der Waals surface area contributed by atoms with Crippen molar-refractivity contribution in [3.8, 4) is 0 Å². The zero-order valence-electron chi connectivity index (χ0n) is 32.2. The normalized spacial score (nSPS) is 35.2. The second kappa shape index (κ2) is 13.8. The monoisotopic (exact) mass is 708 g/mol. The molecule has 51 heavy (non-hydrogen) atoms. The van der Waals surface area contributed by atoms with E-state index in [2.05, 4.69) is 35.1 Å². The molecule has 4 bridgehead atoms. The molecule has 0 radical (unpaired) electrons. The fraction of sp³-hybridized carbons (Fsp3) is 0.850. The number of rotatable bonds is 11. The van der Waals surface area contributed by atoms with Crippen LogP contribution in [0.1, 0.15) is 138 Å². The topological polar surface area (TPSA) is 161 Å². The minimum atomic E-state index is -0.918. The van der Waals surface area contributed by atoms with Gasteiger partial charge in [-0.25, -0.2) is 0 Å². The summed E-state index contributed by atoms with van der Waals surface area (Å²) in [5, 5.41) is 21.0. The van der Waals surface area contributed by atoms with E-state index in [4.69, 9.17) is 5.41 Å². The van der Waals surface area contributed by atoms with Crippen LogP contribution in [0.5, 0.6) is 0 Å². The predicted octanol–water partition coefficient (Wildman–Crippen LogP) is 4.62. The highest BCUT2D eigenvalue weighted by molar-refractivity contribution is 6.40. The van der Waals surface area contributed by atoms with Crippen LogP contribution in [0.15, 0.2) is 0 Å². The van der Waals surface area contributed by atoms with Crippen molar-refractivity contribution in [2.24, 2.45) is 39.4 Å². The van der Waals surface area contributed by atoms with Gasteiger partial charge in [0.1, 0.15) is 23.8 Å². The molecule has 6 aliphatic rings. The second-order valence-corrected chi connectivity index (χ2v) is 18.5. The largest absolute Gasteiger partial charge is 0.348 e. The highest BCUT2D eigenvalue weighted by Gasteiger charge is 2.88. The molecule has 2 spiro atoms. The summed E-state index contributed by atoms with van der Waals surface area (Å²) in [6.45, 7) is 14.6. The number of amides is 5. The number of nitrogens with zero attached hydrogens (tertiary/aromatic N) is 1. The Morgan fingerprint density at radius 2 is 1.67 bits per heavy atom. The molecule has 0 aromatic carbocycles. The van der Waals surface area contributed by atoms with Gasteiger partial charge < -0.3 is 26.2 Å². The van der Waals surface area contributed by atoms with Gasteiger partial charge in [0.05, 0.1) is 6.04 Å².